The zero-order valence-corrected chi connectivity index (χ0v) is 15.3. The number of rotatable bonds is 15. The maximum Gasteiger partial charge on any atom is 0.305 e. The minimum atomic E-state index is -0.926. The zero-order valence-electron chi connectivity index (χ0n) is 15.3. The summed E-state index contributed by atoms with van der Waals surface area (Å²) in [6.07, 6.45) is 10.3. The molecule has 3 N–H and O–H groups in total. The van der Waals surface area contributed by atoms with E-state index in [1.807, 2.05) is 0 Å². The molecule has 0 radical (unpaired) electrons. The van der Waals surface area contributed by atoms with Crippen LogP contribution in [0.2, 0.25) is 0 Å². The molecule has 0 bridgehead atoms. The van der Waals surface area contributed by atoms with E-state index in [9.17, 15) is 20.1 Å². The quantitative estimate of drug-likeness (QED) is 0.241. The van der Waals surface area contributed by atoms with Crippen molar-refractivity contribution in [3.05, 3.63) is 12.2 Å². The number of carbonyl (C=O) groups excluding carboxylic acids is 1. The fourth-order valence-electron chi connectivity index (χ4n) is 2.50. The lowest BCUT2D eigenvalue weighted by molar-refractivity contribution is -0.140. The Hall–Kier alpha value is -0.910. The maximum atomic E-state index is 10.9. The van der Waals surface area contributed by atoms with Gasteiger partial charge in [-0.15, -0.1) is 0 Å². The van der Waals surface area contributed by atoms with Crippen LogP contribution < -0.4 is 0 Å². The largest absolute Gasteiger partial charge is 0.469 e. The van der Waals surface area contributed by atoms with E-state index in [1.165, 1.54) is 13.2 Å². The van der Waals surface area contributed by atoms with Crippen LogP contribution in [0, 0.1) is 0 Å². The first-order valence-corrected chi connectivity index (χ1v) is 9.30. The Kier molecular flexibility index (Phi) is 15.0. The Morgan fingerprint density at radius 3 is 2.21 bits per heavy atom. The molecule has 0 saturated carbocycles. The van der Waals surface area contributed by atoms with Crippen molar-refractivity contribution in [3.63, 3.8) is 0 Å². The molecule has 0 amide bonds. The summed E-state index contributed by atoms with van der Waals surface area (Å²) >= 11 is 0. The molecule has 142 valence electrons. The number of hydrogen-bond acceptors (Lipinski definition) is 5. The molecular formula is C19H36O5. The van der Waals surface area contributed by atoms with Crippen molar-refractivity contribution >= 4 is 5.97 Å². The molecule has 5 nitrogen and oxygen atoms in total. The van der Waals surface area contributed by atoms with Crippen molar-refractivity contribution in [2.75, 3.05) is 7.11 Å². The van der Waals surface area contributed by atoms with Crippen LogP contribution in [0.15, 0.2) is 12.2 Å². The first kappa shape index (κ1) is 23.1. The highest BCUT2D eigenvalue weighted by molar-refractivity contribution is 5.68. The number of aliphatic hydroxyl groups is 3. The number of carbonyl (C=O) groups is 1. The monoisotopic (exact) mass is 344 g/mol. The lowest BCUT2D eigenvalue weighted by Crippen LogP contribution is -2.24. The van der Waals surface area contributed by atoms with Gasteiger partial charge in [-0.3, -0.25) is 4.79 Å². The Morgan fingerprint density at radius 2 is 1.54 bits per heavy atom. The van der Waals surface area contributed by atoms with E-state index in [2.05, 4.69) is 11.7 Å². The number of unbranched alkanes of at least 4 members (excludes halogenated alkanes) is 6. The molecule has 0 saturated heterocycles. The van der Waals surface area contributed by atoms with Crippen LogP contribution in [-0.2, 0) is 9.53 Å². The highest BCUT2D eigenvalue weighted by atomic mass is 16.5. The highest BCUT2D eigenvalue weighted by Crippen LogP contribution is 2.12. The highest BCUT2D eigenvalue weighted by Gasteiger charge is 2.13. The van der Waals surface area contributed by atoms with E-state index in [0.29, 0.717) is 19.3 Å². The molecular weight excluding hydrogens is 308 g/mol. The molecule has 0 aliphatic heterocycles. The molecule has 0 heterocycles. The van der Waals surface area contributed by atoms with E-state index in [4.69, 9.17) is 0 Å². The van der Waals surface area contributed by atoms with Crippen LogP contribution in [0.3, 0.4) is 0 Å². The molecule has 0 fully saturated rings. The van der Waals surface area contributed by atoms with E-state index in [1.54, 1.807) is 6.08 Å². The van der Waals surface area contributed by atoms with Gasteiger partial charge in [-0.2, -0.15) is 0 Å². The molecule has 5 heteroatoms. The topological polar surface area (TPSA) is 87.0 Å². The fraction of sp³-hybridized carbons (Fsp3) is 0.842. The second-order valence-corrected chi connectivity index (χ2v) is 6.39. The van der Waals surface area contributed by atoms with Crippen LogP contribution >= 0.6 is 0 Å². The normalized spacial score (nSPS) is 15.4. The average molecular weight is 344 g/mol. The van der Waals surface area contributed by atoms with E-state index in [-0.39, 0.29) is 5.97 Å². The van der Waals surface area contributed by atoms with Gasteiger partial charge in [0.2, 0.25) is 0 Å². The second kappa shape index (κ2) is 15.6. The Bertz CT molecular complexity index is 330. The lowest BCUT2D eigenvalue weighted by atomic mass is 10.0. The fourth-order valence-corrected chi connectivity index (χ4v) is 2.50. The Balaban J connectivity index is 3.67. The third-order valence-corrected chi connectivity index (χ3v) is 4.14. The first-order valence-electron chi connectivity index (χ1n) is 9.30. The van der Waals surface area contributed by atoms with Gasteiger partial charge in [-0.25, -0.2) is 0 Å². The zero-order chi connectivity index (χ0) is 18.2. The molecule has 24 heavy (non-hydrogen) atoms. The summed E-state index contributed by atoms with van der Waals surface area (Å²) < 4.78 is 4.58. The van der Waals surface area contributed by atoms with Gasteiger partial charge in [0, 0.05) is 6.42 Å². The number of ether oxygens (including phenoxy) is 1. The summed E-state index contributed by atoms with van der Waals surface area (Å²) in [6.45, 7) is 2.11. The van der Waals surface area contributed by atoms with Gasteiger partial charge in [-0.05, 0) is 19.3 Å². The predicted octanol–water partition coefficient (Wildman–Crippen LogP) is 3.11. The molecule has 0 aliphatic carbocycles. The van der Waals surface area contributed by atoms with Gasteiger partial charge >= 0.3 is 5.97 Å². The number of methoxy groups -OCH3 is 1. The van der Waals surface area contributed by atoms with Crippen molar-refractivity contribution in [3.8, 4) is 0 Å². The third-order valence-electron chi connectivity index (χ3n) is 4.14. The summed E-state index contributed by atoms with van der Waals surface area (Å²) in [5.74, 6) is -0.169. The second-order valence-electron chi connectivity index (χ2n) is 6.39. The molecule has 0 aromatic heterocycles. The number of aliphatic hydroxyl groups excluding tert-OH is 3. The minimum Gasteiger partial charge on any atom is -0.469 e. The summed E-state index contributed by atoms with van der Waals surface area (Å²) in [5, 5.41) is 29.5. The van der Waals surface area contributed by atoms with Crippen LogP contribution in [0.4, 0.5) is 0 Å². The van der Waals surface area contributed by atoms with Gasteiger partial charge in [0.25, 0.3) is 0 Å². The smallest absolute Gasteiger partial charge is 0.305 e. The molecule has 0 unspecified atom stereocenters. The Labute approximate surface area is 146 Å². The van der Waals surface area contributed by atoms with E-state index in [0.717, 1.165) is 51.4 Å². The van der Waals surface area contributed by atoms with E-state index >= 15 is 0 Å². The standard InChI is InChI=1S/C19H36O5/c1-3-4-8-11-16(20)14-15-18(22)17(21)12-9-6-5-7-10-13-19(23)24-2/h14-18,20-22H,3-13H2,1-2H3/b15-14+/t16-,17+,18+/m0/s1. The minimum absolute atomic E-state index is 0.169. The SMILES string of the molecule is CCCCC[C@H](O)/C=C/[C@@H](O)[C@H](O)CCCCCCCC(=O)OC. The molecule has 0 aliphatic rings. The third kappa shape index (κ3) is 13.5. The van der Waals surface area contributed by atoms with Gasteiger partial charge in [-0.1, -0.05) is 64.0 Å². The summed E-state index contributed by atoms with van der Waals surface area (Å²) in [4.78, 5) is 10.9. The van der Waals surface area contributed by atoms with Crippen LogP contribution in [0.1, 0.15) is 77.6 Å². The first-order chi connectivity index (χ1) is 11.5. The summed E-state index contributed by atoms with van der Waals surface area (Å²) in [5.41, 5.74) is 0. The number of esters is 1. The lowest BCUT2D eigenvalue weighted by Gasteiger charge is -2.15. The van der Waals surface area contributed by atoms with E-state index < -0.39 is 18.3 Å². The molecule has 3 atom stereocenters. The van der Waals surface area contributed by atoms with Crippen LogP contribution in [-0.4, -0.2) is 46.7 Å². The van der Waals surface area contributed by atoms with Crippen molar-refractivity contribution in [1.82, 2.24) is 0 Å². The molecule has 0 aromatic rings. The predicted molar refractivity (Wildman–Crippen MR) is 95.6 cm³/mol. The van der Waals surface area contributed by atoms with Crippen molar-refractivity contribution in [1.29, 1.82) is 0 Å². The van der Waals surface area contributed by atoms with Gasteiger partial charge < -0.3 is 20.1 Å². The average Bonchev–Trinajstić information content (AvgIpc) is 2.58. The molecule has 0 spiro atoms. The maximum absolute atomic E-state index is 10.9. The molecule has 0 aromatic carbocycles. The number of hydrogen-bond donors (Lipinski definition) is 3. The van der Waals surface area contributed by atoms with Crippen LogP contribution in [0.25, 0.3) is 0 Å². The van der Waals surface area contributed by atoms with Gasteiger partial charge in [0.1, 0.15) is 0 Å². The summed E-state index contributed by atoms with van der Waals surface area (Å²) in [7, 11) is 1.40. The Morgan fingerprint density at radius 1 is 0.917 bits per heavy atom. The van der Waals surface area contributed by atoms with Crippen LogP contribution in [0.5, 0.6) is 0 Å². The van der Waals surface area contributed by atoms with Crippen molar-refractivity contribution < 1.29 is 24.9 Å². The molecule has 0 rings (SSSR count). The van der Waals surface area contributed by atoms with Gasteiger partial charge in [0.15, 0.2) is 0 Å². The van der Waals surface area contributed by atoms with Crippen molar-refractivity contribution in [2.45, 2.75) is 95.9 Å². The van der Waals surface area contributed by atoms with Gasteiger partial charge in [0.05, 0.1) is 25.4 Å². The van der Waals surface area contributed by atoms with Crippen molar-refractivity contribution in [2.24, 2.45) is 0 Å². The summed E-state index contributed by atoms with van der Waals surface area (Å²) in [6, 6.07) is 0.